The van der Waals surface area contributed by atoms with Crippen molar-refractivity contribution in [2.45, 2.75) is 4.90 Å². The predicted octanol–water partition coefficient (Wildman–Crippen LogP) is 1.19. The van der Waals surface area contributed by atoms with E-state index >= 15 is 0 Å². The lowest BCUT2D eigenvalue weighted by atomic mass is 10.2. The van der Waals surface area contributed by atoms with E-state index in [0.29, 0.717) is 4.90 Å². The maximum absolute atomic E-state index is 13.5. The molecule has 0 heterocycles. The average Bonchev–Trinajstić information content (AvgIpc) is 2.35. The van der Waals surface area contributed by atoms with E-state index < -0.39 is 11.8 Å². The summed E-state index contributed by atoms with van der Waals surface area (Å²) in [5.74, 6) is -1.12. The van der Waals surface area contributed by atoms with Crippen LogP contribution < -0.4 is 5.73 Å². The van der Waals surface area contributed by atoms with E-state index in [-0.39, 0.29) is 17.2 Å². The van der Waals surface area contributed by atoms with Gasteiger partial charge in [0.15, 0.2) is 5.84 Å². The summed E-state index contributed by atoms with van der Waals surface area (Å²) in [5, 5.41) is 11.2. The third-order valence-corrected chi connectivity index (χ3v) is 2.93. The summed E-state index contributed by atoms with van der Waals surface area (Å²) in [7, 11) is 1.26. The molecule has 0 atom stereocenters. The first-order valence-corrected chi connectivity index (χ1v) is 5.54. The van der Waals surface area contributed by atoms with E-state index in [1.165, 1.54) is 19.2 Å². The van der Waals surface area contributed by atoms with Crippen LogP contribution in [0.1, 0.15) is 5.56 Å². The smallest absolute Gasteiger partial charge is 0.315 e. The molecule has 17 heavy (non-hydrogen) atoms. The van der Waals surface area contributed by atoms with Gasteiger partial charge in [-0.3, -0.25) is 4.79 Å². The average molecular weight is 258 g/mol. The molecular weight excluding hydrogens is 247 g/mol. The van der Waals surface area contributed by atoms with Crippen molar-refractivity contribution in [3.05, 3.63) is 29.6 Å². The van der Waals surface area contributed by atoms with E-state index in [4.69, 9.17) is 10.9 Å². The highest BCUT2D eigenvalue weighted by Crippen LogP contribution is 2.22. The summed E-state index contributed by atoms with van der Waals surface area (Å²) >= 11 is 1.02. The van der Waals surface area contributed by atoms with Crippen molar-refractivity contribution >= 4 is 23.6 Å². The standard InChI is InChI=1S/C10H11FN2O3S/c1-16-9(14)5-17-8-3-2-6(4-7(8)11)10(12)13-15/h2-4,15H,5H2,1H3,(H2,12,13). The van der Waals surface area contributed by atoms with Crippen molar-refractivity contribution in [3.63, 3.8) is 0 Å². The highest BCUT2D eigenvalue weighted by Gasteiger charge is 2.09. The van der Waals surface area contributed by atoms with Crippen molar-refractivity contribution in [1.82, 2.24) is 0 Å². The van der Waals surface area contributed by atoms with Crippen LogP contribution in [0.3, 0.4) is 0 Å². The minimum absolute atomic E-state index is 0.0241. The molecule has 0 saturated heterocycles. The van der Waals surface area contributed by atoms with Gasteiger partial charge in [0.2, 0.25) is 0 Å². The van der Waals surface area contributed by atoms with Gasteiger partial charge in [-0.1, -0.05) is 5.16 Å². The second kappa shape index (κ2) is 6.09. The third-order valence-electron chi connectivity index (χ3n) is 1.91. The Balaban J connectivity index is 2.80. The molecule has 0 fully saturated rings. The number of carbonyl (C=O) groups is 1. The number of benzene rings is 1. The van der Waals surface area contributed by atoms with Crippen LogP contribution >= 0.6 is 11.8 Å². The molecule has 0 aliphatic rings. The van der Waals surface area contributed by atoms with Crippen molar-refractivity contribution in [2.75, 3.05) is 12.9 Å². The summed E-state index contributed by atoms with van der Waals surface area (Å²) in [6, 6.07) is 4.09. The molecule has 0 aromatic heterocycles. The number of amidine groups is 1. The van der Waals surface area contributed by atoms with Crippen LogP contribution in [0, 0.1) is 5.82 Å². The fourth-order valence-corrected chi connectivity index (χ4v) is 1.78. The molecule has 1 aromatic carbocycles. The number of rotatable bonds is 4. The Hall–Kier alpha value is -1.76. The van der Waals surface area contributed by atoms with E-state index in [0.717, 1.165) is 17.8 Å². The van der Waals surface area contributed by atoms with Gasteiger partial charge in [-0.15, -0.1) is 11.8 Å². The summed E-state index contributed by atoms with van der Waals surface area (Å²) in [6.07, 6.45) is 0. The fourth-order valence-electron chi connectivity index (χ4n) is 1.03. The van der Waals surface area contributed by atoms with Crippen LogP contribution in [0.2, 0.25) is 0 Å². The second-order valence-electron chi connectivity index (χ2n) is 3.00. The monoisotopic (exact) mass is 258 g/mol. The number of thioether (sulfide) groups is 1. The number of carbonyl (C=O) groups excluding carboxylic acids is 1. The first-order chi connectivity index (χ1) is 8.08. The lowest BCUT2D eigenvalue weighted by Gasteiger charge is -2.04. The Morgan fingerprint density at radius 1 is 1.65 bits per heavy atom. The molecule has 92 valence electrons. The zero-order valence-corrected chi connectivity index (χ0v) is 9.83. The molecule has 0 amide bonds. The molecular formula is C10H11FN2O3S. The maximum Gasteiger partial charge on any atom is 0.315 e. The molecule has 1 aromatic rings. The van der Waals surface area contributed by atoms with Crippen LogP contribution in [0.25, 0.3) is 0 Å². The number of oxime groups is 1. The molecule has 3 N–H and O–H groups in total. The van der Waals surface area contributed by atoms with Crippen LogP contribution in [-0.2, 0) is 9.53 Å². The number of nitrogens with two attached hydrogens (primary N) is 1. The van der Waals surface area contributed by atoms with Crippen LogP contribution in [-0.4, -0.2) is 29.9 Å². The van der Waals surface area contributed by atoms with Crippen molar-refractivity contribution < 1.29 is 19.1 Å². The topological polar surface area (TPSA) is 84.9 Å². The molecule has 7 heteroatoms. The van der Waals surface area contributed by atoms with Gasteiger partial charge >= 0.3 is 5.97 Å². The summed E-state index contributed by atoms with van der Waals surface area (Å²) < 4.78 is 18.0. The molecule has 0 spiro atoms. The Bertz CT molecular complexity index is 451. The van der Waals surface area contributed by atoms with Gasteiger partial charge in [-0.05, 0) is 18.2 Å². The normalized spacial score (nSPS) is 11.3. The zero-order valence-electron chi connectivity index (χ0n) is 9.01. The Labute approximate surface area is 101 Å². The van der Waals surface area contributed by atoms with Gasteiger partial charge in [-0.2, -0.15) is 0 Å². The van der Waals surface area contributed by atoms with E-state index in [1.54, 1.807) is 0 Å². The zero-order chi connectivity index (χ0) is 12.8. The highest BCUT2D eigenvalue weighted by atomic mass is 32.2. The van der Waals surface area contributed by atoms with Gasteiger partial charge in [0, 0.05) is 10.5 Å². The maximum atomic E-state index is 13.5. The quantitative estimate of drug-likeness (QED) is 0.211. The Morgan fingerprint density at radius 3 is 2.88 bits per heavy atom. The van der Waals surface area contributed by atoms with Crippen LogP contribution in [0.15, 0.2) is 28.3 Å². The largest absolute Gasteiger partial charge is 0.468 e. The number of halogens is 1. The molecule has 5 nitrogen and oxygen atoms in total. The number of esters is 1. The molecule has 0 aliphatic carbocycles. The predicted molar refractivity (Wildman–Crippen MR) is 61.7 cm³/mol. The fraction of sp³-hybridized carbons (Fsp3) is 0.200. The van der Waals surface area contributed by atoms with Gasteiger partial charge in [0.1, 0.15) is 5.82 Å². The van der Waals surface area contributed by atoms with Crippen LogP contribution in [0.4, 0.5) is 4.39 Å². The van der Waals surface area contributed by atoms with Crippen LogP contribution in [0.5, 0.6) is 0 Å². The molecule has 0 aliphatic heterocycles. The Morgan fingerprint density at radius 2 is 2.35 bits per heavy atom. The molecule has 0 saturated carbocycles. The first-order valence-electron chi connectivity index (χ1n) is 4.55. The number of methoxy groups -OCH3 is 1. The number of ether oxygens (including phenoxy) is 1. The lowest BCUT2D eigenvalue weighted by Crippen LogP contribution is -2.13. The van der Waals surface area contributed by atoms with E-state index in [1.807, 2.05) is 0 Å². The SMILES string of the molecule is COC(=O)CSc1ccc(C(N)=NO)cc1F. The summed E-state index contributed by atoms with van der Waals surface area (Å²) in [6.45, 7) is 0. The van der Waals surface area contributed by atoms with Crippen molar-refractivity contribution in [3.8, 4) is 0 Å². The van der Waals surface area contributed by atoms with E-state index in [2.05, 4.69) is 9.89 Å². The minimum Gasteiger partial charge on any atom is -0.468 e. The number of hydrogen-bond donors (Lipinski definition) is 2. The second-order valence-corrected chi connectivity index (χ2v) is 4.01. The third kappa shape index (κ3) is 3.63. The lowest BCUT2D eigenvalue weighted by molar-refractivity contribution is -0.137. The Kier molecular flexibility index (Phi) is 4.77. The van der Waals surface area contributed by atoms with Gasteiger partial charge in [0.25, 0.3) is 0 Å². The van der Waals surface area contributed by atoms with Gasteiger partial charge in [-0.25, -0.2) is 4.39 Å². The first kappa shape index (κ1) is 13.3. The van der Waals surface area contributed by atoms with Gasteiger partial charge < -0.3 is 15.7 Å². The molecule has 0 bridgehead atoms. The molecule has 1 rings (SSSR count). The minimum atomic E-state index is -0.539. The molecule has 0 radical (unpaired) electrons. The van der Waals surface area contributed by atoms with E-state index in [9.17, 15) is 9.18 Å². The highest BCUT2D eigenvalue weighted by molar-refractivity contribution is 8.00. The van der Waals surface area contributed by atoms with Crippen molar-refractivity contribution in [2.24, 2.45) is 10.9 Å². The van der Waals surface area contributed by atoms with Crippen molar-refractivity contribution in [1.29, 1.82) is 0 Å². The summed E-state index contributed by atoms with van der Waals surface area (Å²) in [5.41, 5.74) is 5.58. The van der Waals surface area contributed by atoms with Gasteiger partial charge in [0.05, 0.1) is 12.9 Å². The number of nitrogens with zero attached hydrogens (tertiary/aromatic N) is 1. The number of hydrogen-bond acceptors (Lipinski definition) is 5. The molecule has 0 unspecified atom stereocenters. The summed E-state index contributed by atoms with van der Waals surface area (Å²) in [4.78, 5) is 11.2.